The number of alkyl halides is 1. The van der Waals surface area contributed by atoms with E-state index in [1.165, 1.54) is 16.8 Å². The van der Waals surface area contributed by atoms with Crippen molar-refractivity contribution in [2.45, 2.75) is 13.1 Å². The highest BCUT2D eigenvalue weighted by Gasteiger charge is 2.23. The highest BCUT2D eigenvalue weighted by atomic mass is 79.9. The average molecular weight is 325 g/mol. The van der Waals surface area contributed by atoms with Gasteiger partial charge >= 0.3 is 0 Å². The quantitative estimate of drug-likeness (QED) is 0.777. The van der Waals surface area contributed by atoms with Crippen LogP contribution < -0.4 is 4.90 Å². The normalized spacial score (nSPS) is 18.6. The second kappa shape index (κ2) is 5.51. The van der Waals surface area contributed by atoms with E-state index in [0.29, 0.717) is 5.33 Å². The number of anilines is 1. The molecule has 0 aromatic heterocycles. The number of amides is 1. The molecule has 3 rings (SSSR count). The van der Waals surface area contributed by atoms with Gasteiger partial charge in [0.25, 0.3) is 0 Å². The molecular weight excluding hydrogens is 308 g/mol. The second-order valence-corrected chi connectivity index (χ2v) is 5.50. The minimum Gasteiger partial charge on any atom is -0.378 e. The Morgan fingerprint density at radius 3 is 2.68 bits per heavy atom. The first kappa shape index (κ1) is 12.9. The van der Waals surface area contributed by atoms with Crippen LogP contribution >= 0.6 is 15.9 Å². The van der Waals surface area contributed by atoms with Crippen molar-refractivity contribution in [3.8, 4) is 0 Å². The molecule has 1 saturated heterocycles. The SMILES string of the molecule is O=C(CBr)N1Cc2ccc(N3CCOCC3)cc2C1. The zero-order valence-corrected chi connectivity index (χ0v) is 12.4. The van der Waals surface area contributed by atoms with Crippen molar-refractivity contribution in [2.75, 3.05) is 36.5 Å². The summed E-state index contributed by atoms with van der Waals surface area (Å²) in [5.74, 6) is 0.157. The van der Waals surface area contributed by atoms with Gasteiger partial charge in [0.05, 0.1) is 18.5 Å². The number of benzene rings is 1. The largest absolute Gasteiger partial charge is 0.378 e. The Hall–Kier alpha value is -1.07. The molecule has 1 aromatic rings. The van der Waals surface area contributed by atoms with E-state index in [0.717, 1.165) is 39.4 Å². The number of morpholine rings is 1. The molecule has 0 atom stereocenters. The van der Waals surface area contributed by atoms with Gasteiger partial charge in [-0.3, -0.25) is 4.79 Å². The van der Waals surface area contributed by atoms with Crippen molar-refractivity contribution in [1.29, 1.82) is 0 Å². The highest BCUT2D eigenvalue weighted by Crippen LogP contribution is 2.28. The molecule has 2 aliphatic rings. The van der Waals surface area contributed by atoms with Crippen molar-refractivity contribution >= 4 is 27.5 Å². The van der Waals surface area contributed by atoms with Gasteiger partial charge in [-0.05, 0) is 23.3 Å². The van der Waals surface area contributed by atoms with Crippen molar-refractivity contribution in [3.63, 3.8) is 0 Å². The third-order valence-corrected chi connectivity index (χ3v) is 4.24. The summed E-state index contributed by atoms with van der Waals surface area (Å²) in [6, 6.07) is 6.54. The average Bonchev–Trinajstić information content (AvgIpc) is 2.90. The van der Waals surface area contributed by atoms with Crippen LogP contribution in [0.3, 0.4) is 0 Å². The van der Waals surface area contributed by atoms with Crippen LogP contribution in [0.5, 0.6) is 0 Å². The molecule has 4 nitrogen and oxygen atoms in total. The predicted molar refractivity (Wildman–Crippen MR) is 77.5 cm³/mol. The molecule has 0 spiro atoms. The Kier molecular flexibility index (Phi) is 3.75. The fourth-order valence-electron chi connectivity index (χ4n) is 2.66. The third kappa shape index (κ3) is 2.62. The zero-order valence-electron chi connectivity index (χ0n) is 10.8. The van der Waals surface area contributed by atoms with E-state index in [-0.39, 0.29) is 5.91 Å². The van der Waals surface area contributed by atoms with E-state index in [1.807, 2.05) is 4.90 Å². The van der Waals surface area contributed by atoms with Gasteiger partial charge in [0.1, 0.15) is 0 Å². The molecule has 0 radical (unpaired) electrons. The Morgan fingerprint density at radius 2 is 1.95 bits per heavy atom. The Bertz CT molecular complexity index is 486. The van der Waals surface area contributed by atoms with E-state index in [2.05, 4.69) is 39.0 Å². The van der Waals surface area contributed by atoms with Crippen molar-refractivity contribution in [3.05, 3.63) is 29.3 Å². The second-order valence-electron chi connectivity index (χ2n) is 4.94. The first-order valence-corrected chi connectivity index (χ1v) is 7.68. The van der Waals surface area contributed by atoms with Crippen molar-refractivity contribution < 1.29 is 9.53 Å². The molecular formula is C14H17BrN2O2. The van der Waals surface area contributed by atoms with E-state index >= 15 is 0 Å². The summed E-state index contributed by atoms with van der Waals surface area (Å²) in [5, 5.41) is 0.400. The van der Waals surface area contributed by atoms with Gasteiger partial charge in [-0.1, -0.05) is 22.0 Å². The molecule has 1 fully saturated rings. The van der Waals surface area contributed by atoms with Crippen molar-refractivity contribution in [1.82, 2.24) is 4.90 Å². The van der Waals surface area contributed by atoms with E-state index in [4.69, 9.17) is 4.74 Å². The molecule has 2 heterocycles. The molecule has 2 aliphatic heterocycles. The number of hydrogen-bond acceptors (Lipinski definition) is 3. The van der Waals surface area contributed by atoms with Crippen molar-refractivity contribution in [2.24, 2.45) is 0 Å². The lowest BCUT2D eigenvalue weighted by molar-refractivity contribution is -0.128. The fraction of sp³-hybridized carbons (Fsp3) is 0.500. The highest BCUT2D eigenvalue weighted by molar-refractivity contribution is 9.09. The van der Waals surface area contributed by atoms with Crippen LogP contribution in [0, 0.1) is 0 Å². The minimum atomic E-state index is 0.157. The molecule has 0 saturated carbocycles. The Balaban J connectivity index is 1.77. The summed E-state index contributed by atoms with van der Waals surface area (Å²) in [6.45, 7) is 4.96. The van der Waals surface area contributed by atoms with Crippen LogP contribution in [0.1, 0.15) is 11.1 Å². The van der Waals surface area contributed by atoms with Crippen LogP contribution in [0.15, 0.2) is 18.2 Å². The molecule has 0 bridgehead atoms. The summed E-state index contributed by atoms with van der Waals surface area (Å²) in [7, 11) is 0. The topological polar surface area (TPSA) is 32.8 Å². The lowest BCUT2D eigenvalue weighted by atomic mass is 10.1. The van der Waals surface area contributed by atoms with E-state index < -0.39 is 0 Å². The molecule has 19 heavy (non-hydrogen) atoms. The smallest absolute Gasteiger partial charge is 0.233 e. The zero-order chi connectivity index (χ0) is 13.2. The number of carbonyl (C=O) groups is 1. The van der Waals surface area contributed by atoms with Gasteiger partial charge in [-0.15, -0.1) is 0 Å². The number of rotatable bonds is 2. The Morgan fingerprint density at radius 1 is 1.21 bits per heavy atom. The predicted octanol–water partition coefficient (Wildman–Crippen LogP) is 1.76. The number of carbonyl (C=O) groups excluding carboxylic acids is 1. The standard InChI is InChI=1S/C14H17BrN2O2/c15-8-14(18)17-9-11-1-2-13(7-12(11)10-17)16-3-5-19-6-4-16/h1-2,7H,3-6,8-10H2. The van der Waals surface area contributed by atoms with Crippen LogP contribution in [-0.4, -0.2) is 42.4 Å². The maximum Gasteiger partial charge on any atom is 0.233 e. The molecule has 1 amide bonds. The first-order chi connectivity index (χ1) is 9.28. The molecule has 1 aromatic carbocycles. The lowest BCUT2D eigenvalue weighted by Crippen LogP contribution is -2.36. The van der Waals surface area contributed by atoms with Gasteiger partial charge in [-0.2, -0.15) is 0 Å². The lowest BCUT2D eigenvalue weighted by Gasteiger charge is -2.29. The first-order valence-electron chi connectivity index (χ1n) is 6.56. The molecule has 102 valence electrons. The minimum absolute atomic E-state index is 0.157. The van der Waals surface area contributed by atoms with Gasteiger partial charge in [-0.25, -0.2) is 0 Å². The van der Waals surface area contributed by atoms with E-state index in [9.17, 15) is 4.79 Å². The molecule has 0 unspecified atom stereocenters. The van der Waals surface area contributed by atoms with Gasteiger partial charge < -0.3 is 14.5 Å². The molecule has 5 heteroatoms. The van der Waals surface area contributed by atoms with Crippen LogP contribution in [0.4, 0.5) is 5.69 Å². The number of nitrogens with zero attached hydrogens (tertiary/aromatic N) is 2. The van der Waals surface area contributed by atoms with Gasteiger partial charge in [0.2, 0.25) is 5.91 Å². The van der Waals surface area contributed by atoms with Crippen LogP contribution in [-0.2, 0) is 22.6 Å². The van der Waals surface area contributed by atoms with Gasteiger partial charge in [0.15, 0.2) is 0 Å². The maximum atomic E-state index is 11.7. The summed E-state index contributed by atoms with van der Waals surface area (Å²) >= 11 is 3.23. The molecule has 0 N–H and O–H groups in total. The summed E-state index contributed by atoms with van der Waals surface area (Å²) in [4.78, 5) is 16.0. The summed E-state index contributed by atoms with van der Waals surface area (Å²) < 4.78 is 5.38. The monoisotopic (exact) mass is 324 g/mol. The number of fused-ring (bicyclic) bond motifs is 1. The maximum absolute atomic E-state index is 11.7. The summed E-state index contributed by atoms with van der Waals surface area (Å²) in [6.07, 6.45) is 0. The van der Waals surface area contributed by atoms with E-state index in [1.54, 1.807) is 0 Å². The number of hydrogen-bond donors (Lipinski definition) is 0. The Labute approximate surface area is 121 Å². The summed E-state index contributed by atoms with van der Waals surface area (Å²) in [5.41, 5.74) is 3.79. The fourth-order valence-corrected chi connectivity index (χ4v) is 3.01. The van der Waals surface area contributed by atoms with Gasteiger partial charge in [0, 0.05) is 31.9 Å². The van der Waals surface area contributed by atoms with Crippen LogP contribution in [0.2, 0.25) is 0 Å². The number of halogens is 1. The third-order valence-electron chi connectivity index (χ3n) is 3.76. The number of ether oxygens (including phenoxy) is 1. The molecule has 0 aliphatic carbocycles. The van der Waals surface area contributed by atoms with Crippen LogP contribution in [0.25, 0.3) is 0 Å².